The van der Waals surface area contributed by atoms with Crippen LogP contribution >= 0.6 is 11.3 Å². The van der Waals surface area contributed by atoms with Crippen LogP contribution < -0.4 is 0 Å². The minimum atomic E-state index is -0.361. The molecule has 0 amide bonds. The Bertz CT molecular complexity index is 296. The Labute approximate surface area is 95.3 Å². The third-order valence-corrected chi connectivity index (χ3v) is 2.74. The molecule has 84 valence electrons. The predicted molar refractivity (Wildman–Crippen MR) is 63.1 cm³/mol. The van der Waals surface area contributed by atoms with E-state index in [0.29, 0.717) is 6.42 Å². The fraction of sp³-hybridized carbons (Fsp3) is 0.583. The second-order valence-electron chi connectivity index (χ2n) is 4.52. The summed E-state index contributed by atoms with van der Waals surface area (Å²) in [5.41, 5.74) is -0.361. The van der Waals surface area contributed by atoms with Gasteiger partial charge in [-0.1, -0.05) is 6.07 Å². The average Bonchev–Trinajstić information content (AvgIpc) is 2.53. The molecule has 0 aliphatic heterocycles. The van der Waals surface area contributed by atoms with Crippen molar-refractivity contribution in [2.45, 2.75) is 45.6 Å². The first-order valence-corrected chi connectivity index (χ1v) is 6.09. The molecule has 1 heterocycles. The van der Waals surface area contributed by atoms with Gasteiger partial charge in [0.2, 0.25) is 0 Å². The van der Waals surface area contributed by atoms with Gasteiger partial charge < -0.3 is 4.74 Å². The first kappa shape index (κ1) is 12.2. The Kier molecular flexibility index (Phi) is 4.33. The topological polar surface area (TPSA) is 26.3 Å². The van der Waals surface area contributed by atoms with Gasteiger partial charge in [-0.2, -0.15) is 0 Å². The van der Waals surface area contributed by atoms with Crippen molar-refractivity contribution >= 4 is 17.3 Å². The number of hydrogen-bond acceptors (Lipinski definition) is 3. The number of carbonyl (C=O) groups is 1. The average molecular weight is 226 g/mol. The molecule has 0 atom stereocenters. The lowest BCUT2D eigenvalue weighted by atomic mass is 10.2. The Morgan fingerprint density at radius 1 is 1.47 bits per heavy atom. The molecule has 1 aromatic rings. The third-order valence-electron chi connectivity index (χ3n) is 1.80. The number of rotatable bonds is 4. The summed E-state index contributed by atoms with van der Waals surface area (Å²) in [5, 5.41) is 2.06. The van der Waals surface area contributed by atoms with Crippen molar-refractivity contribution in [3.8, 4) is 0 Å². The highest BCUT2D eigenvalue weighted by Gasteiger charge is 2.15. The highest BCUT2D eigenvalue weighted by atomic mass is 32.1. The third kappa shape index (κ3) is 5.57. The summed E-state index contributed by atoms with van der Waals surface area (Å²) < 4.78 is 5.22. The van der Waals surface area contributed by atoms with Crippen LogP contribution in [0.2, 0.25) is 0 Å². The van der Waals surface area contributed by atoms with Gasteiger partial charge in [-0.3, -0.25) is 4.79 Å². The molecular formula is C12H18O2S. The van der Waals surface area contributed by atoms with Crippen molar-refractivity contribution in [2.24, 2.45) is 0 Å². The van der Waals surface area contributed by atoms with E-state index in [0.717, 1.165) is 12.8 Å². The van der Waals surface area contributed by atoms with Crippen LogP contribution in [0.5, 0.6) is 0 Å². The van der Waals surface area contributed by atoms with Crippen molar-refractivity contribution in [1.29, 1.82) is 0 Å². The van der Waals surface area contributed by atoms with E-state index in [1.54, 1.807) is 11.3 Å². The van der Waals surface area contributed by atoms with Crippen molar-refractivity contribution in [3.05, 3.63) is 22.4 Å². The van der Waals surface area contributed by atoms with Crippen LogP contribution in [-0.4, -0.2) is 11.6 Å². The van der Waals surface area contributed by atoms with Crippen LogP contribution in [-0.2, 0) is 16.0 Å². The number of aryl methyl sites for hydroxylation is 1. The lowest BCUT2D eigenvalue weighted by Gasteiger charge is -2.19. The van der Waals surface area contributed by atoms with E-state index in [2.05, 4.69) is 11.4 Å². The molecule has 15 heavy (non-hydrogen) atoms. The normalized spacial score (nSPS) is 11.4. The first-order valence-electron chi connectivity index (χ1n) is 5.21. The molecule has 0 bridgehead atoms. The quantitative estimate of drug-likeness (QED) is 0.735. The van der Waals surface area contributed by atoms with Gasteiger partial charge in [0.1, 0.15) is 5.60 Å². The van der Waals surface area contributed by atoms with Gasteiger partial charge >= 0.3 is 5.97 Å². The Morgan fingerprint density at radius 2 is 2.20 bits per heavy atom. The van der Waals surface area contributed by atoms with Crippen molar-refractivity contribution in [1.82, 2.24) is 0 Å². The van der Waals surface area contributed by atoms with Crippen LogP contribution in [0.25, 0.3) is 0 Å². The maximum Gasteiger partial charge on any atom is 0.306 e. The van der Waals surface area contributed by atoms with Crippen molar-refractivity contribution < 1.29 is 9.53 Å². The van der Waals surface area contributed by atoms with Crippen LogP contribution in [0.15, 0.2) is 17.5 Å². The number of esters is 1. The molecule has 0 spiro atoms. The van der Waals surface area contributed by atoms with Crippen LogP contribution in [0.4, 0.5) is 0 Å². The standard InChI is InChI=1S/C12H18O2S/c1-12(2,3)14-11(13)8-4-6-10-7-5-9-15-10/h5,7,9H,4,6,8H2,1-3H3. The van der Waals surface area contributed by atoms with E-state index in [-0.39, 0.29) is 11.6 Å². The summed E-state index contributed by atoms with van der Waals surface area (Å²) >= 11 is 1.74. The molecule has 0 saturated carbocycles. The number of ether oxygens (including phenoxy) is 1. The van der Waals surface area contributed by atoms with E-state index >= 15 is 0 Å². The Hall–Kier alpha value is -0.830. The molecular weight excluding hydrogens is 208 g/mol. The van der Waals surface area contributed by atoms with Crippen molar-refractivity contribution in [3.63, 3.8) is 0 Å². The predicted octanol–water partition coefficient (Wildman–Crippen LogP) is 3.41. The molecule has 0 fully saturated rings. The molecule has 0 saturated heterocycles. The zero-order chi connectivity index (χ0) is 11.3. The zero-order valence-corrected chi connectivity index (χ0v) is 10.4. The largest absolute Gasteiger partial charge is 0.460 e. The number of thiophene rings is 1. The van der Waals surface area contributed by atoms with E-state index in [4.69, 9.17) is 4.74 Å². The highest BCUT2D eigenvalue weighted by Crippen LogP contribution is 2.14. The van der Waals surface area contributed by atoms with Gasteiger partial charge in [-0.15, -0.1) is 11.3 Å². The minimum absolute atomic E-state index is 0.0981. The summed E-state index contributed by atoms with van der Waals surface area (Å²) in [5.74, 6) is -0.0981. The second kappa shape index (κ2) is 5.31. The van der Waals surface area contributed by atoms with Crippen LogP contribution in [0, 0.1) is 0 Å². The minimum Gasteiger partial charge on any atom is -0.460 e. The van der Waals surface area contributed by atoms with E-state index in [1.165, 1.54) is 4.88 Å². The van der Waals surface area contributed by atoms with Gasteiger partial charge in [0.25, 0.3) is 0 Å². The fourth-order valence-corrected chi connectivity index (χ4v) is 2.01. The van der Waals surface area contributed by atoms with Crippen molar-refractivity contribution in [2.75, 3.05) is 0 Å². The highest BCUT2D eigenvalue weighted by molar-refractivity contribution is 7.09. The van der Waals surface area contributed by atoms with E-state index in [1.807, 2.05) is 26.8 Å². The van der Waals surface area contributed by atoms with Gasteiger partial charge in [0, 0.05) is 11.3 Å². The molecule has 1 rings (SSSR count). The summed E-state index contributed by atoms with van der Waals surface area (Å²) in [6.07, 6.45) is 2.35. The number of hydrogen-bond donors (Lipinski definition) is 0. The summed E-state index contributed by atoms with van der Waals surface area (Å²) in [6, 6.07) is 4.13. The SMILES string of the molecule is CC(C)(C)OC(=O)CCCc1cccs1. The summed E-state index contributed by atoms with van der Waals surface area (Å²) in [7, 11) is 0. The molecule has 0 aromatic carbocycles. The molecule has 1 aromatic heterocycles. The molecule has 2 nitrogen and oxygen atoms in total. The molecule has 0 N–H and O–H groups in total. The molecule has 0 aliphatic carbocycles. The molecule has 0 unspecified atom stereocenters. The van der Waals surface area contributed by atoms with Gasteiger partial charge in [0.05, 0.1) is 0 Å². The zero-order valence-electron chi connectivity index (χ0n) is 9.58. The summed E-state index contributed by atoms with van der Waals surface area (Å²) in [4.78, 5) is 12.7. The lowest BCUT2D eigenvalue weighted by Crippen LogP contribution is -2.23. The van der Waals surface area contributed by atoms with Crippen LogP contribution in [0.3, 0.4) is 0 Å². The molecule has 0 aliphatic rings. The smallest absolute Gasteiger partial charge is 0.306 e. The van der Waals surface area contributed by atoms with Crippen LogP contribution in [0.1, 0.15) is 38.5 Å². The van der Waals surface area contributed by atoms with E-state index < -0.39 is 0 Å². The maximum absolute atomic E-state index is 11.4. The van der Waals surface area contributed by atoms with Gasteiger partial charge in [0.15, 0.2) is 0 Å². The van der Waals surface area contributed by atoms with E-state index in [9.17, 15) is 4.79 Å². The first-order chi connectivity index (χ1) is 6.97. The summed E-state index contributed by atoms with van der Waals surface area (Å²) in [6.45, 7) is 5.68. The Morgan fingerprint density at radius 3 is 2.73 bits per heavy atom. The maximum atomic E-state index is 11.4. The lowest BCUT2D eigenvalue weighted by molar-refractivity contribution is -0.154. The Balaban J connectivity index is 2.18. The fourth-order valence-electron chi connectivity index (χ4n) is 1.25. The monoisotopic (exact) mass is 226 g/mol. The second-order valence-corrected chi connectivity index (χ2v) is 5.55. The van der Waals surface area contributed by atoms with Gasteiger partial charge in [-0.05, 0) is 45.1 Å². The molecule has 3 heteroatoms. The number of carbonyl (C=O) groups excluding carboxylic acids is 1. The van der Waals surface area contributed by atoms with Gasteiger partial charge in [-0.25, -0.2) is 0 Å². The molecule has 0 radical (unpaired) electrons.